The Morgan fingerprint density at radius 2 is 1.93 bits per heavy atom. The number of nitrogens with zero attached hydrogens (tertiary/aromatic N) is 1. The van der Waals surface area contributed by atoms with Gasteiger partial charge in [-0.05, 0) is 24.6 Å². The van der Waals surface area contributed by atoms with Gasteiger partial charge in [0.05, 0.1) is 22.6 Å². The van der Waals surface area contributed by atoms with Crippen molar-refractivity contribution < 1.29 is 35.2 Å². The highest BCUT2D eigenvalue weighted by Crippen LogP contribution is 2.32. The lowest BCUT2D eigenvalue weighted by Gasteiger charge is -2.11. The van der Waals surface area contributed by atoms with Crippen molar-refractivity contribution in [2.75, 3.05) is 10.5 Å². The van der Waals surface area contributed by atoms with Crippen molar-refractivity contribution in [3.63, 3.8) is 0 Å². The molecule has 30 heavy (non-hydrogen) atoms. The normalized spacial score (nSPS) is 12.3. The van der Waals surface area contributed by atoms with Gasteiger partial charge >= 0.3 is 6.18 Å². The largest absolute Gasteiger partial charge is 0.417 e. The van der Waals surface area contributed by atoms with Gasteiger partial charge in [-0.1, -0.05) is 6.92 Å². The number of rotatable bonds is 6. The molecule has 0 atom stereocenters. The summed E-state index contributed by atoms with van der Waals surface area (Å²) in [5, 5.41) is -0.286. The number of aromatic amines is 1. The van der Waals surface area contributed by atoms with Crippen molar-refractivity contribution in [2.45, 2.75) is 19.5 Å². The van der Waals surface area contributed by atoms with Gasteiger partial charge in [0.15, 0.2) is 5.82 Å². The molecule has 0 unspecified atom stereocenters. The molecule has 0 aliphatic heterocycles. The number of fused-ring (bicyclic) bond motifs is 1. The summed E-state index contributed by atoms with van der Waals surface area (Å²) in [7, 11) is -3.94. The van der Waals surface area contributed by atoms with E-state index in [2.05, 4.69) is 9.97 Å². The molecule has 12 heteroatoms. The molecule has 0 aliphatic rings. The van der Waals surface area contributed by atoms with Crippen LogP contribution in [0.4, 0.5) is 27.6 Å². The summed E-state index contributed by atoms with van der Waals surface area (Å²) in [4.78, 5) is 18.8. The zero-order chi connectivity index (χ0) is 22.3. The van der Waals surface area contributed by atoms with Crippen LogP contribution in [0.1, 0.15) is 34.8 Å². The molecular formula is C18H14F5N3O3S. The summed E-state index contributed by atoms with van der Waals surface area (Å²) < 4.78 is 93.7. The first-order chi connectivity index (χ1) is 13.9. The van der Waals surface area contributed by atoms with Gasteiger partial charge in [0, 0.05) is 23.3 Å². The van der Waals surface area contributed by atoms with E-state index in [9.17, 15) is 35.2 Å². The van der Waals surface area contributed by atoms with Gasteiger partial charge in [-0.3, -0.25) is 9.52 Å². The molecule has 0 amide bonds. The second kappa shape index (κ2) is 7.67. The average Bonchev–Trinajstić information content (AvgIpc) is 3.06. The number of alkyl halides is 3. The Morgan fingerprint density at radius 3 is 2.57 bits per heavy atom. The molecule has 0 bridgehead atoms. The number of carbonyl (C=O) groups is 1. The fourth-order valence-electron chi connectivity index (χ4n) is 2.81. The fourth-order valence-corrected chi connectivity index (χ4v) is 3.94. The number of anilines is 1. The van der Waals surface area contributed by atoms with E-state index in [0.29, 0.717) is 18.3 Å². The Bertz CT molecular complexity index is 1240. The van der Waals surface area contributed by atoms with Crippen LogP contribution in [0.5, 0.6) is 0 Å². The van der Waals surface area contributed by atoms with Crippen molar-refractivity contribution in [3.05, 3.63) is 58.9 Å². The molecule has 2 N–H and O–H groups in total. The van der Waals surface area contributed by atoms with Gasteiger partial charge in [0.2, 0.25) is 15.8 Å². The lowest BCUT2D eigenvalue weighted by atomic mass is 10.0. The van der Waals surface area contributed by atoms with E-state index in [1.54, 1.807) is 6.92 Å². The van der Waals surface area contributed by atoms with Gasteiger partial charge < -0.3 is 4.98 Å². The van der Waals surface area contributed by atoms with Crippen molar-refractivity contribution >= 4 is 32.5 Å². The summed E-state index contributed by atoms with van der Waals surface area (Å²) in [5.41, 5.74) is -3.44. The number of hydrogen-bond donors (Lipinski definition) is 2. The van der Waals surface area contributed by atoms with Crippen molar-refractivity contribution in [1.29, 1.82) is 0 Å². The maximum atomic E-state index is 14.8. The molecule has 0 saturated heterocycles. The van der Waals surface area contributed by atoms with E-state index in [1.807, 2.05) is 4.72 Å². The molecular weight excluding hydrogens is 433 g/mol. The van der Waals surface area contributed by atoms with Crippen LogP contribution in [-0.2, 0) is 16.2 Å². The molecule has 0 spiro atoms. The maximum absolute atomic E-state index is 14.8. The van der Waals surface area contributed by atoms with Crippen LogP contribution >= 0.6 is 0 Å². The Kier molecular flexibility index (Phi) is 5.54. The van der Waals surface area contributed by atoms with Gasteiger partial charge in [0.1, 0.15) is 11.5 Å². The first-order valence-electron chi connectivity index (χ1n) is 8.52. The molecule has 3 aromatic rings. The minimum atomic E-state index is -4.74. The third kappa shape index (κ3) is 4.13. The van der Waals surface area contributed by atoms with E-state index in [1.165, 1.54) is 0 Å². The number of pyridine rings is 1. The minimum Gasteiger partial charge on any atom is -0.345 e. The van der Waals surface area contributed by atoms with Crippen LogP contribution in [0, 0.1) is 11.6 Å². The monoisotopic (exact) mass is 447 g/mol. The first kappa shape index (κ1) is 21.7. The summed E-state index contributed by atoms with van der Waals surface area (Å²) in [5.74, 6) is -4.38. The van der Waals surface area contributed by atoms with Gasteiger partial charge in [-0.2, -0.15) is 13.2 Å². The zero-order valence-corrected chi connectivity index (χ0v) is 16.1. The molecule has 3 rings (SSSR count). The first-order valence-corrected chi connectivity index (χ1v) is 10.2. The number of H-pyrrole nitrogens is 1. The van der Waals surface area contributed by atoms with E-state index < -0.39 is 56.0 Å². The van der Waals surface area contributed by atoms with Crippen LogP contribution in [-0.4, -0.2) is 29.9 Å². The van der Waals surface area contributed by atoms with Crippen LogP contribution < -0.4 is 4.72 Å². The smallest absolute Gasteiger partial charge is 0.345 e. The van der Waals surface area contributed by atoms with E-state index >= 15 is 0 Å². The number of sulfonamides is 1. The number of ketones is 1. The quantitative estimate of drug-likeness (QED) is 0.437. The molecule has 0 fully saturated rings. The van der Waals surface area contributed by atoms with Gasteiger partial charge in [0.25, 0.3) is 0 Å². The number of carbonyl (C=O) groups excluding carboxylic acids is 1. The molecule has 0 radical (unpaired) electrons. The SMILES string of the molecule is CCCS(=O)(=O)Nc1ccc(F)c(C(=O)c2c[nH]c3ncc(C(F)(F)F)cc23)c1F. The molecule has 0 aliphatic carbocycles. The van der Waals surface area contributed by atoms with Gasteiger partial charge in [-0.25, -0.2) is 22.2 Å². The topological polar surface area (TPSA) is 91.9 Å². The third-order valence-corrected chi connectivity index (χ3v) is 5.64. The molecule has 2 aromatic heterocycles. The van der Waals surface area contributed by atoms with Crippen LogP contribution in [0.2, 0.25) is 0 Å². The molecule has 6 nitrogen and oxygen atoms in total. The Balaban J connectivity index is 2.10. The number of hydrogen-bond acceptors (Lipinski definition) is 4. The Hall–Kier alpha value is -3.02. The molecule has 0 saturated carbocycles. The molecule has 1 aromatic carbocycles. The zero-order valence-electron chi connectivity index (χ0n) is 15.3. The minimum absolute atomic E-state index is 0.0908. The lowest BCUT2D eigenvalue weighted by molar-refractivity contribution is -0.137. The van der Waals surface area contributed by atoms with E-state index in [0.717, 1.165) is 12.3 Å². The maximum Gasteiger partial charge on any atom is 0.417 e. The predicted octanol–water partition coefficient (Wildman–Crippen LogP) is 4.24. The molecule has 160 valence electrons. The van der Waals surface area contributed by atoms with Gasteiger partial charge in [-0.15, -0.1) is 0 Å². The number of nitrogens with one attached hydrogen (secondary N) is 2. The summed E-state index contributed by atoms with van der Waals surface area (Å²) in [6.07, 6.45) is -2.98. The summed E-state index contributed by atoms with van der Waals surface area (Å²) in [6, 6.07) is 2.14. The second-order valence-corrected chi connectivity index (χ2v) is 8.20. The predicted molar refractivity (Wildman–Crippen MR) is 98.6 cm³/mol. The summed E-state index contributed by atoms with van der Waals surface area (Å²) in [6.45, 7) is 1.58. The van der Waals surface area contributed by atoms with Crippen molar-refractivity contribution in [2.24, 2.45) is 0 Å². The van der Waals surface area contributed by atoms with E-state index in [4.69, 9.17) is 0 Å². The number of benzene rings is 1. The van der Waals surface area contributed by atoms with Crippen LogP contribution in [0.3, 0.4) is 0 Å². The van der Waals surface area contributed by atoms with Crippen molar-refractivity contribution in [3.8, 4) is 0 Å². The van der Waals surface area contributed by atoms with Crippen LogP contribution in [0.15, 0.2) is 30.6 Å². The molecule has 2 heterocycles. The number of halogens is 5. The van der Waals surface area contributed by atoms with Crippen molar-refractivity contribution in [1.82, 2.24) is 9.97 Å². The Labute approximate surface area is 167 Å². The summed E-state index contributed by atoms with van der Waals surface area (Å²) >= 11 is 0. The third-order valence-electron chi connectivity index (χ3n) is 4.16. The highest BCUT2D eigenvalue weighted by molar-refractivity contribution is 7.92. The average molecular weight is 447 g/mol. The second-order valence-electron chi connectivity index (χ2n) is 6.35. The van der Waals surface area contributed by atoms with Crippen LogP contribution in [0.25, 0.3) is 11.0 Å². The standard InChI is InChI=1S/C18H14F5N3O3S/c1-2-5-30(28,29)26-13-4-3-12(19)14(15(13)20)16(27)11-8-25-17-10(11)6-9(7-24-17)18(21,22)23/h3-4,6-8,26H,2,5H2,1H3,(H,24,25). The lowest BCUT2D eigenvalue weighted by Crippen LogP contribution is -2.18. The Morgan fingerprint density at radius 1 is 1.23 bits per heavy atom. The highest BCUT2D eigenvalue weighted by atomic mass is 32.2. The highest BCUT2D eigenvalue weighted by Gasteiger charge is 2.32. The fraction of sp³-hybridized carbons (Fsp3) is 0.222. The van der Waals surface area contributed by atoms with E-state index in [-0.39, 0.29) is 23.2 Å². The number of aromatic nitrogens is 2.